The quantitative estimate of drug-likeness (QED) is 0.260. The van der Waals surface area contributed by atoms with E-state index in [1.165, 1.54) is 18.2 Å². The summed E-state index contributed by atoms with van der Waals surface area (Å²) in [5, 5.41) is 3.67. The Kier molecular flexibility index (Phi) is 7.21. The van der Waals surface area contributed by atoms with Crippen molar-refractivity contribution in [1.82, 2.24) is 10.3 Å². The van der Waals surface area contributed by atoms with Crippen molar-refractivity contribution in [1.29, 1.82) is 0 Å². The van der Waals surface area contributed by atoms with Crippen LogP contribution in [0.5, 0.6) is 0 Å². The zero-order valence-electron chi connectivity index (χ0n) is 17.8. The number of nitrogens with one attached hydrogen (secondary N) is 1. The summed E-state index contributed by atoms with van der Waals surface area (Å²) in [5.41, 5.74) is 9.99. The Bertz CT molecular complexity index is 1360. The third-order valence-corrected chi connectivity index (χ3v) is 5.51. The molecule has 3 N–H and O–H groups in total. The molecule has 1 aromatic heterocycles. The molecule has 0 spiro atoms. The van der Waals surface area contributed by atoms with Gasteiger partial charge in [-0.25, -0.2) is 9.38 Å². The number of pyridine rings is 1. The highest BCUT2D eigenvalue weighted by Crippen LogP contribution is 2.32. The summed E-state index contributed by atoms with van der Waals surface area (Å²) in [7, 11) is 0. The van der Waals surface area contributed by atoms with E-state index in [1.54, 1.807) is 24.4 Å². The Morgan fingerprint density at radius 3 is 2.21 bits per heavy atom. The van der Waals surface area contributed by atoms with E-state index in [0.717, 1.165) is 27.9 Å². The molecule has 0 unspecified atom stereocenters. The number of rotatable bonds is 5. The Balaban J connectivity index is 1.60. The molecule has 1 amide bonds. The number of hydrogen-bond acceptors (Lipinski definition) is 3. The summed E-state index contributed by atoms with van der Waals surface area (Å²) in [6, 6.07) is 22.5. The minimum atomic E-state index is -0.669. The van der Waals surface area contributed by atoms with Crippen LogP contribution in [0.25, 0.3) is 22.4 Å². The van der Waals surface area contributed by atoms with Crippen molar-refractivity contribution in [3.8, 4) is 22.4 Å². The maximum Gasteiger partial charge on any atom is 0.260 e. The molecule has 0 radical (unpaired) electrons. The number of aromatic nitrogens is 1. The van der Waals surface area contributed by atoms with E-state index >= 15 is 0 Å². The van der Waals surface area contributed by atoms with Crippen molar-refractivity contribution in [2.45, 2.75) is 6.54 Å². The molecule has 5 nitrogen and oxygen atoms in total. The predicted octanol–water partition coefficient (Wildman–Crippen LogP) is 6.11. The lowest BCUT2D eigenvalue weighted by Gasteiger charge is -2.12. The number of carbonyl (C=O) groups is 1. The molecule has 0 atom stereocenters. The average Bonchev–Trinajstić information content (AvgIpc) is 2.84. The van der Waals surface area contributed by atoms with Crippen molar-refractivity contribution in [2.75, 3.05) is 0 Å². The van der Waals surface area contributed by atoms with Crippen LogP contribution in [0.2, 0.25) is 10.0 Å². The van der Waals surface area contributed by atoms with Crippen molar-refractivity contribution in [3.05, 3.63) is 112 Å². The summed E-state index contributed by atoms with van der Waals surface area (Å²) >= 11 is 12.1. The van der Waals surface area contributed by atoms with Crippen LogP contribution in [0.1, 0.15) is 15.9 Å². The van der Waals surface area contributed by atoms with E-state index < -0.39 is 11.7 Å². The first-order chi connectivity index (χ1) is 16.4. The molecule has 1 heterocycles. The second-order valence-electron chi connectivity index (χ2n) is 7.39. The zero-order valence-corrected chi connectivity index (χ0v) is 19.3. The molecule has 4 rings (SSSR count). The molecule has 170 valence electrons. The monoisotopic (exact) mass is 492 g/mol. The number of benzene rings is 3. The number of nitrogens with zero attached hydrogens (tertiary/aromatic N) is 2. The van der Waals surface area contributed by atoms with Crippen molar-refractivity contribution >= 4 is 35.1 Å². The molecule has 0 aliphatic carbocycles. The third-order valence-electron chi connectivity index (χ3n) is 5.01. The molecule has 34 heavy (non-hydrogen) atoms. The van der Waals surface area contributed by atoms with Gasteiger partial charge in [-0.2, -0.15) is 0 Å². The van der Waals surface area contributed by atoms with Crippen molar-refractivity contribution < 1.29 is 9.18 Å². The SMILES string of the molecule is NC(=NCc1cnc(-c2ccc(Cl)cc2)c(-c2ccc(Cl)cc2)c1)NC(=O)c1ccccc1F. The number of aliphatic imine (C=N–C) groups is 1. The van der Waals surface area contributed by atoms with Gasteiger partial charge in [-0.15, -0.1) is 0 Å². The highest BCUT2D eigenvalue weighted by molar-refractivity contribution is 6.31. The first kappa shape index (κ1) is 23.4. The fourth-order valence-electron chi connectivity index (χ4n) is 3.33. The lowest BCUT2D eigenvalue weighted by atomic mass is 9.98. The summed E-state index contributed by atoms with van der Waals surface area (Å²) in [4.78, 5) is 21.1. The molecule has 3 aromatic carbocycles. The van der Waals surface area contributed by atoms with Crippen LogP contribution in [0, 0.1) is 5.82 Å². The maximum atomic E-state index is 13.8. The van der Waals surface area contributed by atoms with E-state index in [4.69, 9.17) is 28.9 Å². The van der Waals surface area contributed by atoms with Gasteiger partial charge in [0.25, 0.3) is 5.91 Å². The van der Waals surface area contributed by atoms with E-state index in [9.17, 15) is 9.18 Å². The van der Waals surface area contributed by atoms with E-state index in [1.807, 2.05) is 42.5 Å². The Morgan fingerprint density at radius 1 is 0.941 bits per heavy atom. The fraction of sp³-hybridized carbons (Fsp3) is 0.0385. The minimum Gasteiger partial charge on any atom is -0.370 e. The van der Waals surface area contributed by atoms with Gasteiger partial charge in [0.05, 0.1) is 17.8 Å². The number of guanidine groups is 1. The van der Waals surface area contributed by atoms with Crippen molar-refractivity contribution in [2.24, 2.45) is 10.7 Å². The van der Waals surface area contributed by atoms with Gasteiger partial charge in [0, 0.05) is 27.4 Å². The minimum absolute atomic E-state index is 0.111. The maximum absolute atomic E-state index is 13.8. The smallest absolute Gasteiger partial charge is 0.260 e. The van der Waals surface area contributed by atoms with E-state index in [0.29, 0.717) is 10.0 Å². The summed E-state index contributed by atoms with van der Waals surface area (Å²) in [5.74, 6) is -1.43. The zero-order chi connectivity index (χ0) is 24.1. The molecular formula is C26H19Cl2FN4O. The fourth-order valence-corrected chi connectivity index (χ4v) is 3.58. The first-order valence-corrected chi connectivity index (χ1v) is 11.0. The van der Waals surface area contributed by atoms with E-state index in [-0.39, 0.29) is 18.1 Å². The molecule has 8 heteroatoms. The highest BCUT2D eigenvalue weighted by Gasteiger charge is 2.13. The molecule has 0 aliphatic heterocycles. The van der Waals surface area contributed by atoms with Gasteiger partial charge < -0.3 is 5.73 Å². The lowest BCUT2D eigenvalue weighted by molar-refractivity contribution is 0.0972. The van der Waals surface area contributed by atoms with Gasteiger partial charge in [0.2, 0.25) is 0 Å². The molecule has 0 bridgehead atoms. The van der Waals surface area contributed by atoms with Gasteiger partial charge in [0.15, 0.2) is 5.96 Å². The van der Waals surface area contributed by atoms with Gasteiger partial charge in [-0.3, -0.25) is 15.1 Å². The van der Waals surface area contributed by atoms with Gasteiger partial charge >= 0.3 is 0 Å². The number of amides is 1. The van der Waals surface area contributed by atoms with Crippen LogP contribution in [0.15, 0.2) is 90.1 Å². The number of carbonyl (C=O) groups excluding carboxylic acids is 1. The first-order valence-electron chi connectivity index (χ1n) is 10.3. The molecule has 0 aliphatic rings. The number of nitrogens with two attached hydrogens (primary N) is 1. The van der Waals surface area contributed by atoms with Gasteiger partial charge in [-0.05, 0) is 53.6 Å². The summed E-state index contributed by atoms with van der Waals surface area (Å²) < 4.78 is 13.8. The Labute approximate surface area is 206 Å². The van der Waals surface area contributed by atoms with Crippen LogP contribution < -0.4 is 11.1 Å². The molecule has 0 saturated heterocycles. The molecule has 0 saturated carbocycles. The Morgan fingerprint density at radius 2 is 1.56 bits per heavy atom. The normalized spacial score (nSPS) is 11.3. The van der Waals surface area contributed by atoms with Crippen LogP contribution in [0.4, 0.5) is 4.39 Å². The standard InChI is InChI=1S/C26H19Cl2FN4O/c27-19-9-5-17(6-10-19)22-13-16(14-31-24(22)18-7-11-20(28)12-8-18)15-32-26(30)33-25(34)21-3-1-2-4-23(21)29/h1-14H,15H2,(H3,30,32,33,34). The highest BCUT2D eigenvalue weighted by atomic mass is 35.5. The van der Waals surface area contributed by atoms with E-state index in [2.05, 4.69) is 15.3 Å². The molecule has 4 aromatic rings. The van der Waals surface area contributed by atoms with Crippen LogP contribution in [-0.2, 0) is 6.54 Å². The van der Waals surface area contributed by atoms with Gasteiger partial charge in [-0.1, -0.05) is 59.6 Å². The number of hydrogen-bond donors (Lipinski definition) is 2. The van der Waals surface area contributed by atoms with Crippen LogP contribution >= 0.6 is 23.2 Å². The van der Waals surface area contributed by atoms with Gasteiger partial charge in [0.1, 0.15) is 5.82 Å². The van der Waals surface area contributed by atoms with Crippen LogP contribution in [0.3, 0.4) is 0 Å². The Hall–Kier alpha value is -3.74. The molecule has 0 fully saturated rings. The predicted molar refractivity (Wildman–Crippen MR) is 134 cm³/mol. The lowest BCUT2D eigenvalue weighted by Crippen LogP contribution is -2.37. The van der Waals surface area contributed by atoms with Crippen molar-refractivity contribution in [3.63, 3.8) is 0 Å². The average molecular weight is 493 g/mol. The summed E-state index contributed by atoms with van der Waals surface area (Å²) in [6.07, 6.45) is 1.69. The summed E-state index contributed by atoms with van der Waals surface area (Å²) in [6.45, 7) is 0.165. The van der Waals surface area contributed by atoms with Crippen LogP contribution in [-0.4, -0.2) is 16.9 Å². The third kappa shape index (κ3) is 5.60. The largest absolute Gasteiger partial charge is 0.370 e. The second-order valence-corrected chi connectivity index (χ2v) is 8.26. The molecular weight excluding hydrogens is 474 g/mol. The second kappa shape index (κ2) is 10.5. The topological polar surface area (TPSA) is 80.4 Å². The number of halogens is 3.